The van der Waals surface area contributed by atoms with Crippen LogP contribution in [0.15, 0.2) is 24.3 Å². The third-order valence-corrected chi connectivity index (χ3v) is 5.43. The van der Waals surface area contributed by atoms with Gasteiger partial charge in [0.05, 0.1) is 28.7 Å². The highest BCUT2D eigenvalue weighted by Crippen LogP contribution is 2.26. The molecule has 0 unspecified atom stereocenters. The summed E-state index contributed by atoms with van der Waals surface area (Å²) in [5, 5.41) is 8.70. The number of nitrogens with zero attached hydrogens (tertiary/aromatic N) is 1. The first-order chi connectivity index (χ1) is 10.9. The number of benzene rings is 1. The van der Waals surface area contributed by atoms with Crippen molar-refractivity contribution in [2.75, 3.05) is 16.8 Å². The van der Waals surface area contributed by atoms with Gasteiger partial charge in [-0.1, -0.05) is 6.07 Å². The van der Waals surface area contributed by atoms with Crippen LogP contribution in [0.2, 0.25) is 0 Å². The van der Waals surface area contributed by atoms with E-state index in [2.05, 4.69) is 15.5 Å². The van der Waals surface area contributed by atoms with E-state index >= 15 is 0 Å². The molecule has 1 fully saturated rings. The fourth-order valence-corrected chi connectivity index (χ4v) is 4.24. The van der Waals surface area contributed by atoms with E-state index in [9.17, 15) is 22.0 Å². The molecular formula is C14H13F2N3O3S. The molecule has 9 heteroatoms. The molecule has 1 aromatic heterocycles. The Hall–Kier alpha value is -2.29. The lowest BCUT2D eigenvalue weighted by atomic mass is 10.1. The normalized spacial score (nSPS) is 19.7. The van der Waals surface area contributed by atoms with Crippen LogP contribution in [0.3, 0.4) is 0 Å². The van der Waals surface area contributed by atoms with Crippen LogP contribution in [0.25, 0.3) is 11.3 Å². The molecule has 2 aromatic rings. The Labute approximate surface area is 130 Å². The van der Waals surface area contributed by atoms with Crippen molar-refractivity contribution in [1.82, 2.24) is 10.2 Å². The summed E-state index contributed by atoms with van der Waals surface area (Å²) in [7, 11) is -3.17. The smallest absolute Gasteiger partial charge is 0.229 e. The van der Waals surface area contributed by atoms with E-state index in [1.807, 2.05) is 0 Å². The highest BCUT2D eigenvalue weighted by Gasteiger charge is 2.33. The van der Waals surface area contributed by atoms with Gasteiger partial charge in [0.25, 0.3) is 0 Å². The molecule has 1 amide bonds. The number of hydrogen-bond donors (Lipinski definition) is 2. The third kappa shape index (κ3) is 3.24. The van der Waals surface area contributed by atoms with E-state index in [1.165, 1.54) is 12.1 Å². The zero-order valence-electron chi connectivity index (χ0n) is 11.8. The van der Waals surface area contributed by atoms with Gasteiger partial charge in [-0.15, -0.1) is 0 Å². The van der Waals surface area contributed by atoms with Crippen LogP contribution in [0.5, 0.6) is 0 Å². The summed E-state index contributed by atoms with van der Waals surface area (Å²) in [5.74, 6) is -2.75. The van der Waals surface area contributed by atoms with Gasteiger partial charge >= 0.3 is 0 Å². The van der Waals surface area contributed by atoms with Gasteiger partial charge in [-0.3, -0.25) is 9.89 Å². The fraction of sp³-hybridized carbons (Fsp3) is 0.286. The Morgan fingerprint density at radius 2 is 2.00 bits per heavy atom. The van der Waals surface area contributed by atoms with E-state index in [4.69, 9.17) is 0 Å². The maximum absolute atomic E-state index is 13.7. The Morgan fingerprint density at radius 3 is 2.61 bits per heavy atom. The molecule has 0 aliphatic carbocycles. The predicted molar refractivity (Wildman–Crippen MR) is 79.3 cm³/mol. The number of carbonyl (C=O) groups excluding carboxylic acids is 1. The molecule has 0 bridgehead atoms. The van der Waals surface area contributed by atoms with Crippen molar-refractivity contribution in [3.63, 3.8) is 0 Å². The van der Waals surface area contributed by atoms with Crippen molar-refractivity contribution in [3.05, 3.63) is 35.9 Å². The second-order valence-electron chi connectivity index (χ2n) is 5.35. The molecule has 1 aromatic carbocycles. The third-order valence-electron chi connectivity index (χ3n) is 3.66. The zero-order valence-corrected chi connectivity index (χ0v) is 12.7. The number of aromatic amines is 1. The van der Waals surface area contributed by atoms with E-state index in [0.717, 1.165) is 12.1 Å². The van der Waals surface area contributed by atoms with Gasteiger partial charge in [0.1, 0.15) is 11.6 Å². The van der Waals surface area contributed by atoms with Gasteiger partial charge < -0.3 is 5.32 Å². The van der Waals surface area contributed by atoms with Crippen molar-refractivity contribution in [2.24, 2.45) is 5.92 Å². The minimum Gasteiger partial charge on any atom is -0.309 e. The van der Waals surface area contributed by atoms with Gasteiger partial charge in [-0.05, 0) is 18.6 Å². The van der Waals surface area contributed by atoms with E-state index in [-0.39, 0.29) is 35.0 Å². The average molecular weight is 341 g/mol. The molecule has 2 N–H and O–H groups in total. The number of aromatic nitrogens is 2. The molecule has 1 aliphatic heterocycles. The number of hydrogen-bond acceptors (Lipinski definition) is 4. The predicted octanol–water partition coefficient (Wildman–Crippen LogP) is 1.73. The average Bonchev–Trinajstić information content (AvgIpc) is 3.05. The van der Waals surface area contributed by atoms with Crippen LogP contribution < -0.4 is 5.32 Å². The Balaban J connectivity index is 1.77. The largest absolute Gasteiger partial charge is 0.309 e. The van der Waals surface area contributed by atoms with E-state index < -0.39 is 33.3 Å². The fourth-order valence-electron chi connectivity index (χ4n) is 2.50. The van der Waals surface area contributed by atoms with Crippen LogP contribution in [0, 0.1) is 17.6 Å². The number of rotatable bonds is 3. The van der Waals surface area contributed by atoms with Crippen molar-refractivity contribution < 1.29 is 22.0 Å². The first kappa shape index (κ1) is 15.6. The number of carbonyl (C=O) groups is 1. The molecule has 23 heavy (non-hydrogen) atoms. The molecule has 1 atom stereocenters. The highest BCUT2D eigenvalue weighted by molar-refractivity contribution is 7.91. The second-order valence-corrected chi connectivity index (χ2v) is 7.58. The number of amides is 1. The monoisotopic (exact) mass is 341 g/mol. The number of anilines is 1. The Kier molecular flexibility index (Phi) is 3.88. The Morgan fingerprint density at radius 1 is 1.30 bits per heavy atom. The van der Waals surface area contributed by atoms with Gasteiger partial charge in [-0.25, -0.2) is 17.2 Å². The summed E-state index contributed by atoms with van der Waals surface area (Å²) in [6, 6.07) is 4.76. The second kappa shape index (κ2) is 5.73. The highest BCUT2D eigenvalue weighted by atomic mass is 32.2. The van der Waals surface area contributed by atoms with E-state index in [1.54, 1.807) is 0 Å². The summed E-state index contributed by atoms with van der Waals surface area (Å²) >= 11 is 0. The van der Waals surface area contributed by atoms with Crippen molar-refractivity contribution in [1.29, 1.82) is 0 Å². The standard InChI is InChI=1S/C14H13F2N3O3S/c15-9-2-1-3-10(16)13(9)11-6-12(19-18-11)17-14(20)8-4-5-23(21,22)7-8/h1-3,6,8H,4-5,7H2,(H2,17,18,19,20)/t8-/m1/s1. The minimum atomic E-state index is -3.17. The van der Waals surface area contributed by atoms with Crippen molar-refractivity contribution >= 4 is 21.6 Å². The molecule has 1 saturated heterocycles. The van der Waals surface area contributed by atoms with Gasteiger partial charge in [0.2, 0.25) is 5.91 Å². The van der Waals surface area contributed by atoms with Crippen LogP contribution >= 0.6 is 0 Å². The summed E-state index contributed by atoms with van der Waals surface area (Å²) in [6.45, 7) is 0. The molecular weight excluding hydrogens is 328 g/mol. The first-order valence-corrected chi connectivity index (χ1v) is 8.69. The lowest BCUT2D eigenvalue weighted by Crippen LogP contribution is -2.23. The lowest BCUT2D eigenvalue weighted by Gasteiger charge is -2.06. The number of nitrogens with one attached hydrogen (secondary N) is 2. The van der Waals surface area contributed by atoms with Crippen LogP contribution in [0.1, 0.15) is 6.42 Å². The molecule has 0 radical (unpaired) electrons. The summed E-state index contributed by atoms with van der Waals surface area (Å²) in [4.78, 5) is 12.0. The van der Waals surface area contributed by atoms with Gasteiger partial charge in [-0.2, -0.15) is 5.10 Å². The van der Waals surface area contributed by atoms with Crippen molar-refractivity contribution in [3.8, 4) is 11.3 Å². The first-order valence-electron chi connectivity index (χ1n) is 6.87. The van der Waals surface area contributed by atoms with Crippen LogP contribution in [-0.2, 0) is 14.6 Å². The van der Waals surface area contributed by atoms with E-state index in [0.29, 0.717) is 0 Å². The van der Waals surface area contributed by atoms with Crippen molar-refractivity contribution in [2.45, 2.75) is 6.42 Å². The van der Waals surface area contributed by atoms with Crippen LogP contribution in [-0.4, -0.2) is 36.0 Å². The maximum Gasteiger partial charge on any atom is 0.229 e. The molecule has 122 valence electrons. The SMILES string of the molecule is O=C(Nc1cc(-c2c(F)cccc2F)[nH]n1)[C@@H]1CCS(=O)(=O)C1. The summed E-state index contributed by atoms with van der Waals surface area (Å²) in [5.41, 5.74) is -0.195. The van der Waals surface area contributed by atoms with Gasteiger partial charge in [0, 0.05) is 6.07 Å². The number of halogens is 2. The quantitative estimate of drug-likeness (QED) is 0.889. The zero-order chi connectivity index (χ0) is 16.6. The molecule has 3 rings (SSSR count). The minimum absolute atomic E-state index is 0.0165. The Bertz CT molecular complexity index is 844. The van der Waals surface area contributed by atoms with Gasteiger partial charge in [0.15, 0.2) is 15.7 Å². The van der Waals surface area contributed by atoms with Crippen LogP contribution in [0.4, 0.5) is 14.6 Å². The topological polar surface area (TPSA) is 91.9 Å². The molecule has 0 spiro atoms. The summed E-state index contributed by atoms with van der Waals surface area (Å²) < 4.78 is 50.1. The molecule has 0 saturated carbocycles. The number of H-pyrrole nitrogens is 1. The molecule has 6 nitrogen and oxygen atoms in total. The molecule has 1 aliphatic rings. The maximum atomic E-state index is 13.7. The lowest BCUT2D eigenvalue weighted by molar-refractivity contribution is -0.119. The summed E-state index contributed by atoms with van der Waals surface area (Å²) in [6.07, 6.45) is 0.257. The number of sulfone groups is 1. The molecule has 2 heterocycles.